The number of carbonyl (C=O) groups excluding carboxylic acids is 3. The van der Waals surface area contributed by atoms with Crippen LogP contribution in [0.2, 0.25) is 0 Å². The standard InChI is InChI=1S/C22H35N3O4/c1-14(2)23-19(26)18(17-12-10-9-11-13-17)25(15(3)4)20(27)16(5)24-21(28)29-22(6,7)8/h9-16,18H,1-8H3,(H,23,26)(H,24,28). The second-order valence-corrected chi connectivity index (χ2v) is 8.68. The van der Waals surface area contributed by atoms with Gasteiger partial charge in [0.1, 0.15) is 17.7 Å². The summed E-state index contributed by atoms with van der Waals surface area (Å²) in [4.78, 5) is 39.9. The van der Waals surface area contributed by atoms with Crippen LogP contribution in [0.4, 0.5) is 4.79 Å². The van der Waals surface area contributed by atoms with Crippen LogP contribution < -0.4 is 10.6 Å². The van der Waals surface area contributed by atoms with Crippen LogP contribution >= 0.6 is 0 Å². The zero-order valence-corrected chi connectivity index (χ0v) is 18.8. The predicted molar refractivity (Wildman–Crippen MR) is 113 cm³/mol. The fraction of sp³-hybridized carbons (Fsp3) is 0.591. The molecule has 3 amide bonds. The van der Waals surface area contributed by atoms with Crippen LogP contribution in [-0.4, -0.2) is 46.5 Å². The van der Waals surface area contributed by atoms with Crippen LogP contribution in [0.1, 0.15) is 67.0 Å². The van der Waals surface area contributed by atoms with E-state index < -0.39 is 23.8 Å². The van der Waals surface area contributed by atoms with Crippen LogP contribution in [0.15, 0.2) is 30.3 Å². The van der Waals surface area contributed by atoms with Crippen LogP contribution in [0.3, 0.4) is 0 Å². The van der Waals surface area contributed by atoms with Crippen molar-refractivity contribution < 1.29 is 19.1 Å². The molecule has 2 unspecified atom stereocenters. The Balaban J connectivity index is 3.18. The number of rotatable bonds is 7. The highest BCUT2D eigenvalue weighted by molar-refractivity contribution is 5.92. The third kappa shape index (κ3) is 7.75. The molecule has 0 spiro atoms. The summed E-state index contributed by atoms with van der Waals surface area (Å²) in [7, 11) is 0. The maximum Gasteiger partial charge on any atom is 0.408 e. The average molecular weight is 406 g/mol. The molecule has 0 heterocycles. The lowest BCUT2D eigenvalue weighted by Gasteiger charge is -2.36. The Bertz CT molecular complexity index is 696. The number of amides is 3. The van der Waals surface area contributed by atoms with Crippen molar-refractivity contribution in [2.24, 2.45) is 0 Å². The third-order valence-electron chi connectivity index (χ3n) is 3.99. The quantitative estimate of drug-likeness (QED) is 0.728. The molecule has 0 bridgehead atoms. The van der Waals surface area contributed by atoms with Crippen LogP contribution in [-0.2, 0) is 14.3 Å². The van der Waals surface area contributed by atoms with E-state index in [9.17, 15) is 14.4 Å². The average Bonchev–Trinajstić information content (AvgIpc) is 2.56. The Labute approximate surface area is 174 Å². The molecule has 1 aromatic rings. The Morgan fingerprint density at radius 1 is 0.931 bits per heavy atom. The first kappa shape index (κ1) is 24.5. The van der Waals surface area contributed by atoms with Gasteiger partial charge in [0.05, 0.1) is 0 Å². The van der Waals surface area contributed by atoms with E-state index in [0.29, 0.717) is 5.56 Å². The molecule has 1 aromatic carbocycles. The zero-order valence-electron chi connectivity index (χ0n) is 18.8. The number of ether oxygens (including phenoxy) is 1. The molecule has 0 fully saturated rings. The molecule has 0 aliphatic carbocycles. The van der Waals surface area contributed by atoms with Crippen molar-refractivity contribution in [1.29, 1.82) is 0 Å². The van der Waals surface area contributed by atoms with Crippen LogP contribution in [0.5, 0.6) is 0 Å². The van der Waals surface area contributed by atoms with Gasteiger partial charge in [-0.1, -0.05) is 30.3 Å². The maximum atomic E-state index is 13.3. The first-order chi connectivity index (χ1) is 13.3. The highest BCUT2D eigenvalue weighted by atomic mass is 16.6. The van der Waals surface area contributed by atoms with E-state index >= 15 is 0 Å². The van der Waals surface area contributed by atoms with Crippen molar-refractivity contribution in [3.05, 3.63) is 35.9 Å². The molecule has 162 valence electrons. The number of nitrogens with zero attached hydrogens (tertiary/aromatic N) is 1. The Morgan fingerprint density at radius 3 is 1.93 bits per heavy atom. The molecule has 0 saturated heterocycles. The molecule has 1 rings (SSSR count). The molecular formula is C22H35N3O4. The van der Waals surface area contributed by atoms with Crippen molar-refractivity contribution in [2.45, 2.75) is 85.2 Å². The fourth-order valence-electron chi connectivity index (χ4n) is 2.89. The highest BCUT2D eigenvalue weighted by Crippen LogP contribution is 2.25. The first-order valence-electron chi connectivity index (χ1n) is 10.0. The van der Waals surface area contributed by atoms with Gasteiger partial charge in [-0.3, -0.25) is 9.59 Å². The SMILES string of the molecule is CC(C)NC(=O)C(c1ccccc1)N(C(=O)C(C)NC(=O)OC(C)(C)C)C(C)C. The van der Waals surface area contributed by atoms with E-state index in [4.69, 9.17) is 4.74 Å². The van der Waals surface area contributed by atoms with E-state index in [1.807, 2.05) is 58.0 Å². The number of benzene rings is 1. The summed E-state index contributed by atoms with van der Waals surface area (Å²) in [6.07, 6.45) is -0.676. The van der Waals surface area contributed by atoms with Gasteiger partial charge in [0.25, 0.3) is 0 Å². The van der Waals surface area contributed by atoms with Gasteiger partial charge in [-0.05, 0) is 61.0 Å². The zero-order chi connectivity index (χ0) is 22.4. The van der Waals surface area contributed by atoms with Crippen molar-refractivity contribution in [3.8, 4) is 0 Å². The summed E-state index contributed by atoms with van der Waals surface area (Å²) in [6, 6.07) is 7.14. The largest absolute Gasteiger partial charge is 0.444 e. The summed E-state index contributed by atoms with van der Waals surface area (Å²) >= 11 is 0. The summed E-state index contributed by atoms with van der Waals surface area (Å²) in [5.41, 5.74) is 0.0334. The molecule has 7 heteroatoms. The molecule has 29 heavy (non-hydrogen) atoms. The molecule has 0 aliphatic rings. The Kier molecular flexibility index (Phi) is 8.67. The van der Waals surface area contributed by atoms with Crippen LogP contribution in [0, 0.1) is 0 Å². The number of hydrogen-bond acceptors (Lipinski definition) is 4. The van der Waals surface area contributed by atoms with Gasteiger partial charge in [-0.25, -0.2) is 4.79 Å². The number of carbonyl (C=O) groups is 3. The highest BCUT2D eigenvalue weighted by Gasteiger charge is 2.36. The van der Waals surface area contributed by atoms with Gasteiger partial charge in [0.2, 0.25) is 11.8 Å². The van der Waals surface area contributed by atoms with Gasteiger partial charge >= 0.3 is 6.09 Å². The summed E-state index contributed by atoms with van der Waals surface area (Å²) in [5.74, 6) is -0.628. The molecule has 0 aromatic heterocycles. The molecule has 7 nitrogen and oxygen atoms in total. The normalized spacial score (nSPS) is 13.6. The lowest BCUT2D eigenvalue weighted by Crippen LogP contribution is -2.54. The molecule has 0 aliphatic heterocycles. The van der Waals surface area contributed by atoms with E-state index in [0.717, 1.165) is 0 Å². The van der Waals surface area contributed by atoms with Crippen molar-refractivity contribution in [3.63, 3.8) is 0 Å². The van der Waals surface area contributed by atoms with E-state index in [1.54, 1.807) is 27.7 Å². The summed E-state index contributed by atoms with van der Waals surface area (Å²) < 4.78 is 5.24. The summed E-state index contributed by atoms with van der Waals surface area (Å²) in [6.45, 7) is 14.3. The lowest BCUT2D eigenvalue weighted by molar-refractivity contribution is -0.144. The Hall–Kier alpha value is -2.57. The predicted octanol–water partition coefficient (Wildman–Crippen LogP) is 3.40. The molecule has 0 saturated carbocycles. The van der Waals surface area contributed by atoms with Crippen LogP contribution in [0.25, 0.3) is 0 Å². The third-order valence-corrected chi connectivity index (χ3v) is 3.99. The molecule has 0 radical (unpaired) electrons. The van der Waals surface area contributed by atoms with Gasteiger partial charge in [0, 0.05) is 12.1 Å². The van der Waals surface area contributed by atoms with Crippen molar-refractivity contribution in [2.75, 3.05) is 0 Å². The maximum absolute atomic E-state index is 13.3. The van der Waals surface area contributed by atoms with Gasteiger partial charge in [-0.2, -0.15) is 0 Å². The smallest absolute Gasteiger partial charge is 0.408 e. The Morgan fingerprint density at radius 2 is 1.48 bits per heavy atom. The molecular weight excluding hydrogens is 370 g/mol. The lowest BCUT2D eigenvalue weighted by atomic mass is 10.0. The summed E-state index contributed by atoms with van der Waals surface area (Å²) in [5, 5.41) is 5.47. The molecule has 2 atom stereocenters. The minimum atomic E-state index is -0.856. The first-order valence-corrected chi connectivity index (χ1v) is 10.0. The van der Waals surface area contributed by atoms with Crippen molar-refractivity contribution >= 4 is 17.9 Å². The number of alkyl carbamates (subject to hydrolysis) is 1. The minimum Gasteiger partial charge on any atom is -0.444 e. The number of nitrogens with one attached hydrogen (secondary N) is 2. The van der Waals surface area contributed by atoms with E-state index in [1.165, 1.54) is 4.90 Å². The van der Waals surface area contributed by atoms with Crippen molar-refractivity contribution in [1.82, 2.24) is 15.5 Å². The molecule has 2 N–H and O–H groups in total. The van der Waals surface area contributed by atoms with E-state index in [2.05, 4.69) is 10.6 Å². The second-order valence-electron chi connectivity index (χ2n) is 8.68. The minimum absolute atomic E-state index is 0.0739. The number of hydrogen-bond donors (Lipinski definition) is 2. The topological polar surface area (TPSA) is 87.7 Å². The second kappa shape index (κ2) is 10.3. The van der Waals surface area contributed by atoms with E-state index in [-0.39, 0.29) is 23.9 Å². The monoisotopic (exact) mass is 405 g/mol. The van der Waals surface area contributed by atoms with Gasteiger partial charge in [0.15, 0.2) is 0 Å². The fourth-order valence-corrected chi connectivity index (χ4v) is 2.89. The van der Waals surface area contributed by atoms with Gasteiger partial charge in [-0.15, -0.1) is 0 Å². The van der Waals surface area contributed by atoms with Gasteiger partial charge < -0.3 is 20.3 Å².